The first-order chi connectivity index (χ1) is 11.5. The van der Waals surface area contributed by atoms with Gasteiger partial charge in [-0.2, -0.15) is 4.98 Å². The summed E-state index contributed by atoms with van der Waals surface area (Å²) in [5.41, 5.74) is 1.65. The number of halogens is 1. The molecule has 1 amide bonds. The quantitative estimate of drug-likeness (QED) is 0.913. The minimum atomic E-state index is -0.176. The molecule has 0 unspecified atom stereocenters. The van der Waals surface area contributed by atoms with Crippen LogP contribution in [0.2, 0.25) is 0 Å². The number of fused-ring (bicyclic) bond motifs is 1. The third kappa shape index (κ3) is 3.63. The van der Waals surface area contributed by atoms with Gasteiger partial charge in [-0.3, -0.25) is 4.79 Å². The minimum absolute atomic E-state index is 0.0276. The molecule has 0 radical (unpaired) electrons. The maximum atomic E-state index is 14.0. The zero-order chi connectivity index (χ0) is 17.1. The van der Waals surface area contributed by atoms with Gasteiger partial charge in [-0.05, 0) is 49.3 Å². The molecule has 24 heavy (non-hydrogen) atoms. The minimum Gasteiger partial charge on any atom is -0.349 e. The largest absolute Gasteiger partial charge is 0.349 e. The molecule has 1 aliphatic carbocycles. The van der Waals surface area contributed by atoms with Crippen LogP contribution in [0.25, 0.3) is 0 Å². The van der Waals surface area contributed by atoms with Crippen LogP contribution in [0.4, 0.5) is 4.39 Å². The molecule has 1 aliphatic rings. The normalized spacial score (nSPS) is 19.8. The molecule has 1 aromatic heterocycles. The molecule has 0 spiro atoms. The lowest BCUT2D eigenvalue weighted by Gasteiger charge is -2.32. The van der Waals surface area contributed by atoms with Gasteiger partial charge >= 0.3 is 0 Å². The Morgan fingerprint density at radius 3 is 3.04 bits per heavy atom. The van der Waals surface area contributed by atoms with Crippen LogP contribution in [0.5, 0.6) is 0 Å². The highest BCUT2D eigenvalue weighted by atomic mass is 19.1. The highest BCUT2D eigenvalue weighted by Gasteiger charge is 2.29. The number of nitrogens with zero attached hydrogens (tertiary/aromatic N) is 2. The van der Waals surface area contributed by atoms with E-state index < -0.39 is 0 Å². The Bertz CT molecular complexity index is 729. The Morgan fingerprint density at radius 1 is 1.46 bits per heavy atom. The fourth-order valence-electron chi connectivity index (χ4n) is 3.28. The van der Waals surface area contributed by atoms with Crippen LogP contribution in [-0.2, 0) is 17.6 Å². The molecule has 0 aliphatic heterocycles. The molecule has 0 saturated heterocycles. The molecule has 0 saturated carbocycles. The summed E-state index contributed by atoms with van der Waals surface area (Å²) in [4.78, 5) is 16.4. The van der Waals surface area contributed by atoms with Crippen molar-refractivity contribution >= 4 is 5.91 Å². The van der Waals surface area contributed by atoms with Gasteiger partial charge in [-0.15, -0.1) is 0 Å². The van der Waals surface area contributed by atoms with Gasteiger partial charge in [0.15, 0.2) is 5.82 Å². The number of benzene rings is 1. The van der Waals surface area contributed by atoms with Crippen LogP contribution in [-0.4, -0.2) is 16.0 Å². The number of aryl methyl sites for hydroxylation is 2. The van der Waals surface area contributed by atoms with Crippen molar-refractivity contribution in [1.82, 2.24) is 15.5 Å². The zero-order valence-electron chi connectivity index (χ0n) is 14.0. The van der Waals surface area contributed by atoms with Gasteiger partial charge < -0.3 is 9.84 Å². The second-order valence-electron chi connectivity index (χ2n) is 6.46. The van der Waals surface area contributed by atoms with Crippen LogP contribution in [0, 0.1) is 18.7 Å². The van der Waals surface area contributed by atoms with Crippen molar-refractivity contribution in [3.05, 3.63) is 46.9 Å². The Morgan fingerprint density at radius 2 is 2.29 bits per heavy atom. The lowest BCUT2D eigenvalue weighted by Crippen LogP contribution is -2.35. The van der Waals surface area contributed by atoms with E-state index in [0.29, 0.717) is 36.9 Å². The third-order valence-corrected chi connectivity index (χ3v) is 4.59. The molecule has 128 valence electrons. The lowest BCUT2D eigenvalue weighted by molar-refractivity contribution is -0.122. The van der Waals surface area contributed by atoms with E-state index in [1.54, 1.807) is 13.0 Å². The summed E-state index contributed by atoms with van der Waals surface area (Å²) in [6.07, 6.45) is 3.21. The van der Waals surface area contributed by atoms with Crippen LogP contribution in [0.15, 0.2) is 22.7 Å². The third-order valence-electron chi connectivity index (χ3n) is 4.59. The first-order valence-electron chi connectivity index (χ1n) is 8.40. The number of nitrogens with one attached hydrogen (secondary N) is 1. The molecule has 1 aromatic carbocycles. The van der Waals surface area contributed by atoms with E-state index in [0.717, 1.165) is 24.0 Å². The fourth-order valence-corrected chi connectivity index (χ4v) is 3.28. The van der Waals surface area contributed by atoms with E-state index >= 15 is 0 Å². The Hall–Kier alpha value is -2.24. The molecular weight excluding hydrogens is 309 g/mol. The van der Waals surface area contributed by atoms with Crippen LogP contribution >= 0.6 is 0 Å². The van der Waals surface area contributed by atoms with Crippen molar-refractivity contribution < 1.29 is 13.7 Å². The van der Waals surface area contributed by atoms with E-state index in [2.05, 4.69) is 22.4 Å². The van der Waals surface area contributed by atoms with Gasteiger partial charge in [0.2, 0.25) is 11.8 Å². The summed E-state index contributed by atoms with van der Waals surface area (Å²) in [6, 6.07) is 4.99. The van der Waals surface area contributed by atoms with Crippen molar-refractivity contribution in [2.24, 2.45) is 5.92 Å². The monoisotopic (exact) mass is 331 g/mol. The SMILES string of the molecule is Cc1noc(CCCC(=O)N[C@H]2c3cccc(F)c3CC[C@@H]2C)n1. The van der Waals surface area contributed by atoms with E-state index in [1.807, 2.05) is 6.07 Å². The molecular formula is C18H22FN3O2. The second kappa shape index (κ2) is 7.11. The maximum absolute atomic E-state index is 14.0. The van der Waals surface area contributed by atoms with Crippen LogP contribution < -0.4 is 5.32 Å². The Balaban J connectivity index is 1.59. The number of hydrogen-bond donors (Lipinski definition) is 1. The summed E-state index contributed by atoms with van der Waals surface area (Å²) in [7, 11) is 0. The number of rotatable bonds is 5. The van der Waals surface area contributed by atoms with Crippen molar-refractivity contribution in [2.45, 2.75) is 52.0 Å². The molecule has 1 heterocycles. The van der Waals surface area contributed by atoms with E-state index in [1.165, 1.54) is 6.07 Å². The molecule has 6 heteroatoms. The van der Waals surface area contributed by atoms with Crippen LogP contribution in [0.3, 0.4) is 0 Å². The molecule has 3 rings (SSSR count). The second-order valence-corrected chi connectivity index (χ2v) is 6.46. The average molecular weight is 331 g/mol. The lowest BCUT2D eigenvalue weighted by atomic mass is 9.80. The topological polar surface area (TPSA) is 68.0 Å². The molecule has 1 N–H and O–H groups in total. The van der Waals surface area contributed by atoms with Crippen molar-refractivity contribution in [2.75, 3.05) is 0 Å². The number of hydrogen-bond acceptors (Lipinski definition) is 4. The van der Waals surface area contributed by atoms with Gasteiger partial charge in [-0.25, -0.2) is 4.39 Å². The maximum Gasteiger partial charge on any atom is 0.226 e. The molecule has 2 aromatic rings. The standard InChI is InChI=1S/C18H22FN3O2/c1-11-9-10-13-14(5-3-6-15(13)19)18(11)21-16(23)7-4-8-17-20-12(2)22-24-17/h3,5-6,11,18H,4,7-10H2,1-2H3,(H,21,23)/t11-,18+/m0/s1. The van der Waals surface area contributed by atoms with Crippen LogP contribution in [0.1, 0.15) is 55.1 Å². The number of amides is 1. The fraction of sp³-hybridized carbons (Fsp3) is 0.500. The van der Waals surface area contributed by atoms with E-state index in [4.69, 9.17) is 4.52 Å². The molecule has 0 bridgehead atoms. The van der Waals surface area contributed by atoms with Gasteiger partial charge in [0.25, 0.3) is 0 Å². The summed E-state index contributed by atoms with van der Waals surface area (Å²) >= 11 is 0. The highest BCUT2D eigenvalue weighted by molar-refractivity contribution is 5.76. The molecule has 2 atom stereocenters. The molecule has 0 fully saturated rings. The average Bonchev–Trinajstić information content (AvgIpc) is 2.96. The first kappa shape index (κ1) is 16.6. The summed E-state index contributed by atoms with van der Waals surface area (Å²) in [5.74, 6) is 1.25. The molecule has 5 nitrogen and oxygen atoms in total. The number of carbonyl (C=O) groups is 1. The summed E-state index contributed by atoms with van der Waals surface area (Å²) in [5, 5.41) is 6.80. The van der Waals surface area contributed by atoms with Crippen molar-refractivity contribution in [1.29, 1.82) is 0 Å². The Labute approximate surface area is 140 Å². The highest BCUT2D eigenvalue weighted by Crippen LogP contribution is 2.35. The summed E-state index contributed by atoms with van der Waals surface area (Å²) < 4.78 is 19.0. The Kier molecular flexibility index (Phi) is 4.92. The smallest absolute Gasteiger partial charge is 0.226 e. The predicted molar refractivity (Wildman–Crippen MR) is 86.7 cm³/mol. The van der Waals surface area contributed by atoms with Gasteiger partial charge in [0.05, 0.1) is 6.04 Å². The van der Waals surface area contributed by atoms with Gasteiger partial charge in [-0.1, -0.05) is 24.2 Å². The number of carbonyl (C=O) groups excluding carboxylic acids is 1. The van der Waals surface area contributed by atoms with Gasteiger partial charge in [0.1, 0.15) is 5.82 Å². The summed E-state index contributed by atoms with van der Waals surface area (Å²) in [6.45, 7) is 3.86. The van der Waals surface area contributed by atoms with E-state index in [-0.39, 0.29) is 17.8 Å². The first-order valence-corrected chi connectivity index (χ1v) is 8.40. The zero-order valence-corrected chi connectivity index (χ0v) is 14.0. The number of aromatic nitrogens is 2. The van der Waals surface area contributed by atoms with Crippen molar-refractivity contribution in [3.8, 4) is 0 Å². The predicted octanol–water partition coefficient (Wildman–Crippen LogP) is 3.28. The van der Waals surface area contributed by atoms with Gasteiger partial charge in [0, 0.05) is 12.8 Å². The van der Waals surface area contributed by atoms with Crippen molar-refractivity contribution in [3.63, 3.8) is 0 Å². The van der Waals surface area contributed by atoms with E-state index in [9.17, 15) is 9.18 Å².